The van der Waals surface area contributed by atoms with Gasteiger partial charge in [-0.2, -0.15) is 0 Å². The molecule has 0 saturated carbocycles. The van der Waals surface area contributed by atoms with Crippen molar-refractivity contribution >= 4 is 33.2 Å². The molecule has 1 atom stereocenters. The molecule has 0 radical (unpaired) electrons. The Hall–Kier alpha value is -1.13. The first-order valence-corrected chi connectivity index (χ1v) is 6.56. The third-order valence-electron chi connectivity index (χ3n) is 2.50. The fraction of sp³-hybridized carbons (Fsp3) is 0.154. The molecular formula is C13H11BrClFN2. The lowest BCUT2D eigenvalue weighted by atomic mass is 10.2. The standard InChI is InChI=1S/C13H11BrClFN2/c1-8(12-5-3-10(16)7-17-12)18-13-4-2-9(15)6-11(13)14/h2-8,18H,1H3. The van der Waals surface area contributed by atoms with E-state index in [4.69, 9.17) is 11.6 Å². The van der Waals surface area contributed by atoms with E-state index in [-0.39, 0.29) is 11.9 Å². The summed E-state index contributed by atoms with van der Waals surface area (Å²) < 4.78 is 13.7. The van der Waals surface area contributed by atoms with Crippen LogP contribution in [0.4, 0.5) is 10.1 Å². The maximum atomic E-state index is 12.8. The van der Waals surface area contributed by atoms with Gasteiger partial charge in [-0.15, -0.1) is 0 Å². The summed E-state index contributed by atoms with van der Waals surface area (Å²) in [6, 6.07) is 8.54. The van der Waals surface area contributed by atoms with Crippen molar-refractivity contribution in [3.8, 4) is 0 Å². The molecule has 2 nitrogen and oxygen atoms in total. The lowest BCUT2D eigenvalue weighted by molar-refractivity contribution is 0.617. The highest BCUT2D eigenvalue weighted by Crippen LogP contribution is 2.28. The number of nitrogens with zero attached hydrogens (tertiary/aromatic N) is 1. The topological polar surface area (TPSA) is 24.9 Å². The van der Waals surface area contributed by atoms with Gasteiger partial charge in [0.25, 0.3) is 0 Å². The monoisotopic (exact) mass is 328 g/mol. The smallest absolute Gasteiger partial charge is 0.141 e. The second-order valence-corrected chi connectivity index (χ2v) is 5.18. The van der Waals surface area contributed by atoms with Crippen molar-refractivity contribution < 1.29 is 4.39 Å². The van der Waals surface area contributed by atoms with Crippen molar-refractivity contribution in [1.82, 2.24) is 4.98 Å². The summed E-state index contributed by atoms with van der Waals surface area (Å²) in [5.74, 6) is -0.335. The van der Waals surface area contributed by atoms with Crippen molar-refractivity contribution in [1.29, 1.82) is 0 Å². The normalized spacial score (nSPS) is 12.2. The van der Waals surface area contributed by atoms with Crippen LogP contribution in [0, 0.1) is 5.82 Å². The fourth-order valence-electron chi connectivity index (χ4n) is 1.56. The lowest BCUT2D eigenvalue weighted by Gasteiger charge is -2.16. The molecule has 18 heavy (non-hydrogen) atoms. The quantitative estimate of drug-likeness (QED) is 0.874. The van der Waals surface area contributed by atoms with Crippen LogP contribution in [-0.4, -0.2) is 4.98 Å². The number of rotatable bonds is 3. The van der Waals surface area contributed by atoms with Gasteiger partial charge in [0.1, 0.15) is 5.82 Å². The molecule has 0 bridgehead atoms. The van der Waals surface area contributed by atoms with E-state index in [0.29, 0.717) is 5.02 Å². The van der Waals surface area contributed by atoms with Crippen molar-refractivity contribution in [3.05, 3.63) is 57.5 Å². The predicted octanol–water partition coefficient (Wildman–Crippen LogP) is 4.81. The highest BCUT2D eigenvalue weighted by Gasteiger charge is 2.09. The number of hydrogen-bond donors (Lipinski definition) is 1. The van der Waals surface area contributed by atoms with Crippen LogP contribution < -0.4 is 5.32 Å². The Kier molecular flexibility index (Phi) is 4.19. The van der Waals surface area contributed by atoms with Crippen LogP contribution in [0.15, 0.2) is 41.0 Å². The molecule has 2 rings (SSSR count). The van der Waals surface area contributed by atoms with E-state index in [9.17, 15) is 4.39 Å². The van der Waals surface area contributed by atoms with E-state index in [1.54, 1.807) is 12.1 Å². The van der Waals surface area contributed by atoms with Crippen LogP contribution in [0.1, 0.15) is 18.7 Å². The summed E-state index contributed by atoms with van der Waals surface area (Å²) in [5, 5.41) is 3.95. The Labute approximate surface area is 118 Å². The van der Waals surface area contributed by atoms with Gasteiger partial charge in [0.2, 0.25) is 0 Å². The Morgan fingerprint density at radius 1 is 1.33 bits per heavy atom. The van der Waals surface area contributed by atoms with Crippen molar-refractivity contribution in [2.45, 2.75) is 13.0 Å². The summed E-state index contributed by atoms with van der Waals surface area (Å²) in [6.45, 7) is 1.96. The van der Waals surface area contributed by atoms with E-state index >= 15 is 0 Å². The largest absolute Gasteiger partial charge is 0.376 e. The molecule has 2 aromatic rings. The summed E-state index contributed by atoms with van der Waals surface area (Å²) in [7, 11) is 0. The maximum absolute atomic E-state index is 12.8. The second-order valence-electron chi connectivity index (χ2n) is 3.89. The minimum Gasteiger partial charge on any atom is -0.376 e. The Morgan fingerprint density at radius 3 is 2.72 bits per heavy atom. The zero-order chi connectivity index (χ0) is 13.1. The third kappa shape index (κ3) is 3.21. The van der Waals surface area contributed by atoms with Gasteiger partial charge in [0.05, 0.1) is 17.9 Å². The second kappa shape index (κ2) is 5.67. The minimum atomic E-state index is -0.335. The van der Waals surface area contributed by atoms with Gasteiger partial charge < -0.3 is 5.32 Å². The first-order chi connectivity index (χ1) is 8.56. The highest BCUT2D eigenvalue weighted by atomic mass is 79.9. The highest BCUT2D eigenvalue weighted by molar-refractivity contribution is 9.10. The zero-order valence-electron chi connectivity index (χ0n) is 9.62. The van der Waals surface area contributed by atoms with E-state index < -0.39 is 0 Å². The van der Waals surface area contributed by atoms with Crippen LogP contribution in [0.3, 0.4) is 0 Å². The van der Waals surface area contributed by atoms with E-state index in [0.717, 1.165) is 15.9 Å². The van der Waals surface area contributed by atoms with Gasteiger partial charge in [0.15, 0.2) is 0 Å². The van der Waals surface area contributed by atoms with Crippen molar-refractivity contribution in [3.63, 3.8) is 0 Å². The number of benzene rings is 1. The molecule has 1 aromatic carbocycles. The lowest BCUT2D eigenvalue weighted by Crippen LogP contribution is -2.08. The summed E-state index contributed by atoms with van der Waals surface area (Å²) in [4.78, 5) is 4.04. The first kappa shape index (κ1) is 13.3. The molecule has 1 unspecified atom stereocenters. The number of nitrogens with one attached hydrogen (secondary N) is 1. The molecule has 0 spiro atoms. The number of hydrogen-bond acceptors (Lipinski definition) is 2. The van der Waals surface area contributed by atoms with Crippen LogP contribution in [0.5, 0.6) is 0 Å². The predicted molar refractivity (Wildman–Crippen MR) is 75.4 cm³/mol. The molecule has 1 N–H and O–H groups in total. The zero-order valence-corrected chi connectivity index (χ0v) is 12.0. The molecule has 0 aliphatic carbocycles. The minimum absolute atomic E-state index is 0.0249. The number of aromatic nitrogens is 1. The van der Waals surface area contributed by atoms with Crippen LogP contribution >= 0.6 is 27.5 Å². The van der Waals surface area contributed by atoms with Gasteiger partial charge in [-0.05, 0) is 53.2 Å². The van der Waals surface area contributed by atoms with Crippen LogP contribution in [0.2, 0.25) is 5.02 Å². The van der Waals surface area contributed by atoms with Gasteiger partial charge in [0, 0.05) is 15.2 Å². The molecule has 0 aliphatic heterocycles. The molecule has 1 heterocycles. The summed E-state index contributed by atoms with van der Waals surface area (Å²) >= 11 is 9.31. The van der Waals surface area contributed by atoms with Crippen LogP contribution in [0.25, 0.3) is 0 Å². The molecule has 0 fully saturated rings. The Balaban J connectivity index is 2.15. The van der Waals surface area contributed by atoms with Gasteiger partial charge in [-0.25, -0.2) is 4.39 Å². The number of halogens is 3. The molecule has 1 aromatic heterocycles. The molecule has 0 amide bonds. The van der Waals surface area contributed by atoms with Gasteiger partial charge in [-0.1, -0.05) is 11.6 Å². The summed E-state index contributed by atoms with van der Waals surface area (Å²) in [5.41, 5.74) is 1.69. The molecule has 0 saturated heterocycles. The fourth-order valence-corrected chi connectivity index (χ4v) is 2.35. The van der Waals surface area contributed by atoms with E-state index in [2.05, 4.69) is 26.2 Å². The molecular weight excluding hydrogens is 319 g/mol. The molecule has 94 valence electrons. The maximum Gasteiger partial charge on any atom is 0.141 e. The van der Waals surface area contributed by atoms with Gasteiger partial charge >= 0.3 is 0 Å². The molecule has 5 heteroatoms. The Bertz CT molecular complexity index is 545. The average Bonchev–Trinajstić information content (AvgIpc) is 2.33. The Morgan fingerprint density at radius 2 is 2.11 bits per heavy atom. The number of pyridine rings is 1. The van der Waals surface area contributed by atoms with Crippen molar-refractivity contribution in [2.75, 3.05) is 5.32 Å². The van der Waals surface area contributed by atoms with E-state index in [1.165, 1.54) is 12.3 Å². The van der Waals surface area contributed by atoms with E-state index in [1.807, 2.05) is 19.1 Å². The van der Waals surface area contributed by atoms with Gasteiger partial charge in [-0.3, -0.25) is 4.98 Å². The van der Waals surface area contributed by atoms with Crippen molar-refractivity contribution in [2.24, 2.45) is 0 Å². The molecule has 0 aliphatic rings. The van der Waals surface area contributed by atoms with Crippen LogP contribution in [-0.2, 0) is 0 Å². The summed E-state index contributed by atoms with van der Waals surface area (Å²) in [6.07, 6.45) is 1.21. The average molecular weight is 330 g/mol. The number of anilines is 1. The SMILES string of the molecule is CC(Nc1ccc(Cl)cc1Br)c1ccc(F)cn1. The first-order valence-electron chi connectivity index (χ1n) is 5.39. The third-order valence-corrected chi connectivity index (χ3v) is 3.39.